The Morgan fingerprint density at radius 1 is 1.60 bits per heavy atom. The Morgan fingerprint density at radius 3 is 3.10 bits per heavy atom. The van der Waals surface area contributed by atoms with Gasteiger partial charge in [-0.05, 0) is 22.0 Å². The normalized spacial score (nSPS) is 22.4. The number of aromatic nitrogens is 2. The molecule has 1 aromatic carbocycles. The van der Waals surface area contributed by atoms with E-state index >= 15 is 0 Å². The van der Waals surface area contributed by atoms with Crippen LogP contribution in [0, 0.1) is 5.82 Å². The first-order valence-corrected chi connectivity index (χ1v) is 6.74. The third-order valence-corrected chi connectivity index (χ3v) is 3.79. The molecule has 6 nitrogen and oxygen atoms in total. The number of hydrogen-bond donors (Lipinski definition) is 3. The standard InChI is InChI=1S/C12H11BrFN3O3/c13-6-3-8-9(4-7(6)14)16-11(15-8)17-10(18)12(19)1-2-20-5-12/h3-4,19H,1-2,5H2,(H2,15,16,17,18). The number of hydrogen-bond acceptors (Lipinski definition) is 4. The van der Waals surface area contributed by atoms with Gasteiger partial charge >= 0.3 is 0 Å². The number of carbonyl (C=O) groups excluding carboxylic acids is 1. The molecule has 3 rings (SSSR count). The van der Waals surface area contributed by atoms with Crippen molar-refractivity contribution in [3.05, 3.63) is 22.4 Å². The predicted molar refractivity (Wildman–Crippen MR) is 72.8 cm³/mol. The number of benzene rings is 1. The van der Waals surface area contributed by atoms with E-state index in [9.17, 15) is 14.3 Å². The maximum absolute atomic E-state index is 13.4. The van der Waals surface area contributed by atoms with E-state index in [0.29, 0.717) is 17.6 Å². The predicted octanol–water partition coefficient (Wildman–Crippen LogP) is 1.55. The van der Waals surface area contributed by atoms with Crippen molar-refractivity contribution in [2.24, 2.45) is 0 Å². The van der Waals surface area contributed by atoms with Crippen molar-refractivity contribution < 1.29 is 19.0 Å². The van der Waals surface area contributed by atoms with Crippen LogP contribution in [-0.2, 0) is 9.53 Å². The molecular weight excluding hydrogens is 333 g/mol. The highest BCUT2D eigenvalue weighted by molar-refractivity contribution is 9.10. The van der Waals surface area contributed by atoms with Crippen LogP contribution in [0.3, 0.4) is 0 Å². The monoisotopic (exact) mass is 343 g/mol. The molecule has 1 aliphatic heterocycles. The van der Waals surface area contributed by atoms with E-state index in [0.717, 1.165) is 0 Å². The summed E-state index contributed by atoms with van der Waals surface area (Å²) in [6, 6.07) is 2.78. The molecule has 1 fully saturated rings. The Morgan fingerprint density at radius 2 is 2.40 bits per heavy atom. The van der Waals surface area contributed by atoms with E-state index < -0.39 is 17.3 Å². The number of imidazole rings is 1. The molecule has 1 amide bonds. The van der Waals surface area contributed by atoms with Crippen LogP contribution in [0.15, 0.2) is 16.6 Å². The lowest BCUT2D eigenvalue weighted by Crippen LogP contribution is -2.43. The van der Waals surface area contributed by atoms with Crippen molar-refractivity contribution in [3.63, 3.8) is 0 Å². The van der Waals surface area contributed by atoms with Gasteiger partial charge in [-0.3, -0.25) is 10.1 Å². The number of H-pyrrole nitrogens is 1. The molecule has 1 aliphatic rings. The van der Waals surface area contributed by atoms with Gasteiger partial charge in [0, 0.05) is 12.5 Å². The number of rotatable bonds is 2. The summed E-state index contributed by atoms with van der Waals surface area (Å²) in [6.45, 7) is 0.293. The van der Waals surface area contributed by atoms with Crippen LogP contribution < -0.4 is 5.32 Å². The summed E-state index contributed by atoms with van der Waals surface area (Å²) in [7, 11) is 0. The van der Waals surface area contributed by atoms with E-state index in [1.165, 1.54) is 12.1 Å². The van der Waals surface area contributed by atoms with Gasteiger partial charge in [-0.25, -0.2) is 9.37 Å². The Hall–Kier alpha value is -1.51. The summed E-state index contributed by atoms with van der Waals surface area (Å²) in [5.41, 5.74) is -0.580. The van der Waals surface area contributed by atoms with Gasteiger partial charge in [0.05, 0.1) is 28.7 Å². The van der Waals surface area contributed by atoms with E-state index in [-0.39, 0.29) is 23.4 Å². The van der Waals surface area contributed by atoms with Gasteiger partial charge in [0.1, 0.15) is 5.82 Å². The van der Waals surface area contributed by atoms with E-state index in [2.05, 4.69) is 31.2 Å². The highest BCUT2D eigenvalue weighted by Gasteiger charge is 2.40. The number of aliphatic hydroxyl groups is 1. The Kier molecular flexibility index (Phi) is 3.23. The number of nitrogens with zero attached hydrogens (tertiary/aromatic N) is 1. The van der Waals surface area contributed by atoms with Gasteiger partial charge in [0.2, 0.25) is 5.95 Å². The van der Waals surface area contributed by atoms with Gasteiger partial charge in [-0.1, -0.05) is 0 Å². The third kappa shape index (κ3) is 2.30. The largest absolute Gasteiger partial charge is 0.378 e. The first-order valence-electron chi connectivity index (χ1n) is 5.94. The van der Waals surface area contributed by atoms with Gasteiger partial charge in [-0.15, -0.1) is 0 Å². The summed E-state index contributed by atoms with van der Waals surface area (Å²) in [4.78, 5) is 18.9. The molecule has 20 heavy (non-hydrogen) atoms. The molecule has 2 aromatic rings. The number of amides is 1. The molecule has 0 bridgehead atoms. The highest BCUT2D eigenvalue weighted by Crippen LogP contribution is 2.24. The molecule has 8 heteroatoms. The summed E-state index contributed by atoms with van der Waals surface area (Å²) < 4.78 is 18.7. The number of carbonyl (C=O) groups is 1. The zero-order valence-electron chi connectivity index (χ0n) is 10.2. The zero-order chi connectivity index (χ0) is 14.3. The number of nitrogens with one attached hydrogen (secondary N) is 2. The quantitative estimate of drug-likeness (QED) is 0.772. The van der Waals surface area contributed by atoms with Crippen LogP contribution in [0.1, 0.15) is 6.42 Å². The van der Waals surface area contributed by atoms with Crippen LogP contribution in [-0.4, -0.2) is 39.8 Å². The first-order chi connectivity index (χ1) is 9.48. The summed E-state index contributed by atoms with van der Waals surface area (Å²) in [5, 5.41) is 12.5. The molecule has 0 spiro atoms. The minimum atomic E-state index is -1.54. The Labute approximate surface area is 121 Å². The van der Waals surface area contributed by atoms with Crippen molar-refractivity contribution in [2.45, 2.75) is 12.0 Å². The second-order valence-corrected chi connectivity index (χ2v) is 5.51. The minimum Gasteiger partial charge on any atom is -0.378 e. The first kappa shape index (κ1) is 13.5. The zero-order valence-corrected chi connectivity index (χ0v) is 11.8. The molecule has 0 radical (unpaired) electrons. The number of ether oxygens (including phenoxy) is 1. The number of aromatic amines is 1. The lowest BCUT2D eigenvalue weighted by molar-refractivity contribution is -0.133. The minimum absolute atomic E-state index is 0.0424. The van der Waals surface area contributed by atoms with E-state index in [1.54, 1.807) is 0 Å². The third-order valence-electron chi connectivity index (χ3n) is 3.18. The van der Waals surface area contributed by atoms with Crippen LogP contribution in [0.25, 0.3) is 11.0 Å². The van der Waals surface area contributed by atoms with Crippen LogP contribution in [0.5, 0.6) is 0 Å². The fourth-order valence-electron chi connectivity index (χ4n) is 2.02. The van der Waals surface area contributed by atoms with Gasteiger partial charge in [-0.2, -0.15) is 0 Å². The smallest absolute Gasteiger partial charge is 0.261 e. The van der Waals surface area contributed by atoms with E-state index in [1.807, 2.05) is 0 Å². The molecule has 0 saturated carbocycles. The van der Waals surface area contributed by atoms with Crippen LogP contribution >= 0.6 is 15.9 Å². The van der Waals surface area contributed by atoms with E-state index in [4.69, 9.17) is 4.74 Å². The van der Waals surface area contributed by atoms with Crippen LogP contribution in [0.4, 0.5) is 10.3 Å². The molecule has 2 heterocycles. The molecular formula is C12H11BrFN3O3. The van der Waals surface area contributed by atoms with Crippen molar-refractivity contribution in [2.75, 3.05) is 18.5 Å². The summed E-state index contributed by atoms with van der Waals surface area (Å²) in [6.07, 6.45) is 0.235. The summed E-state index contributed by atoms with van der Waals surface area (Å²) >= 11 is 3.07. The molecule has 1 aromatic heterocycles. The van der Waals surface area contributed by atoms with Gasteiger partial charge in [0.15, 0.2) is 5.60 Å². The fraction of sp³-hybridized carbons (Fsp3) is 0.333. The average molecular weight is 344 g/mol. The van der Waals surface area contributed by atoms with Crippen LogP contribution in [0.2, 0.25) is 0 Å². The SMILES string of the molecule is O=C(Nc1nc2cc(Br)c(F)cc2[nH]1)C1(O)CCOC1. The number of fused-ring (bicyclic) bond motifs is 1. The Bertz CT molecular complexity index is 643. The topological polar surface area (TPSA) is 87.2 Å². The van der Waals surface area contributed by atoms with Gasteiger partial charge in [0.25, 0.3) is 5.91 Å². The maximum Gasteiger partial charge on any atom is 0.261 e. The molecule has 1 saturated heterocycles. The Balaban J connectivity index is 1.86. The number of anilines is 1. The maximum atomic E-state index is 13.4. The second-order valence-electron chi connectivity index (χ2n) is 4.66. The lowest BCUT2D eigenvalue weighted by atomic mass is 10.0. The van der Waals surface area contributed by atoms with Crippen molar-refractivity contribution >= 4 is 38.8 Å². The van der Waals surface area contributed by atoms with Crippen molar-refractivity contribution in [1.29, 1.82) is 0 Å². The highest BCUT2D eigenvalue weighted by atomic mass is 79.9. The molecule has 1 unspecified atom stereocenters. The molecule has 106 valence electrons. The van der Waals surface area contributed by atoms with Gasteiger partial charge < -0.3 is 14.8 Å². The number of halogens is 2. The average Bonchev–Trinajstić information content (AvgIpc) is 2.97. The molecule has 3 N–H and O–H groups in total. The molecule has 0 aliphatic carbocycles. The van der Waals surface area contributed by atoms with Crippen molar-refractivity contribution in [3.8, 4) is 0 Å². The lowest BCUT2D eigenvalue weighted by Gasteiger charge is -2.17. The molecule has 1 atom stereocenters. The summed E-state index contributed by atoms with van der Waals surface area (Å²) in [5.74, 6) is -0.863. The fourth-order valence-corrected chi connectivity index (χ4v) is 2.35. The second kappa shape index (κ2) is 4.80. The van der Waals surface area contributed by atoms with Crippen molar-refractivity contribution in [1.82, 2.24) is 9.97 Å².